The standard InChI is InChI=1S/C20H21N5O3/c1-2-27-15-9-11(6-7-14(15)26)16-12(10-21)19(22)28-20-17(16)18(24-25-20)13-5-3-4-8-23-13/h3-9,16-18,20,24-26H,2,22H2,1H3. The van der Waals surface area contributed by atoms with E-state index in [4.69, 9.17) is 15.2 Å². The summed E-state index contributed by atoms with van der Waals surface area (Å²) in [5, 5.41) is 19.9. The van der Waals surface area contributed by atoms with Gasteiger partial charge in [0, 0.05) is 18.0 Å². The lowest BCUT2D eigenvalue weighted by Crippen LogP contribution is -2.41. The Labute approximate surface area is 162 Å². The summed E-state index contributed by atoms with van der Waals surface area (Å²) in [7, 11) is 0. The van der Waals surface area contributed by atoms with Crippen molar-refractivity contribution in [2.75, 3.05) is 6.61 Å². The van der Waals surface area contributed by atoms with Gasteiger partial charge in [0.1, 0.15) is 6.07 Å². The van der Waals surface area contributed by atoms with Gasteiger partial charge in [-0.3, -0.25) is 4.98 Å². The Balaban J connectivity index is 1.82. The molecule has 1 aromatic heterocycles. The molecule has 0 amide bonds. The molecule has 28 heavy (non-hydrogen) atoms. The van der Waals surface area contributed by atoms with E-state index in [-0.39, 0.29) is 29.5 Å². The van der Waals surface area contributed by atoms with Gasteiger partial charge in [0.25, 0.3) is 0 Å². The Morgan fingerprint density at radius 3 is 2.89 bits per heavy atom. The maximum atomic E-state index is 10.1. The highest BCUT2D eigenvalue weighted by molar-refractivity contribution is 5.48. The number of hydrogen-bond acceptors (Lipinski definition) is 8. The van der Waals surface area contributed by atoms with Gasteiger partial charge in [-0.1, -0.05) is 12.1 Å². The molecule has 1 aromatic carbocycles. The van der Waals surface area contributed by atoms with Crippen molar-refractivity contribution < 1.29 is 14.6 Å². The van der Waals surface area contributed by atoms with Crippen molar-refractivity contribution in [2.24, 2.45) is 11.7 Å². The maximum Gasteiger partial charge on any atom is 0.200 e. The van der Waals surface area contributed by atoms with E-state index in [0.29, 0.717) is 17.9 Å². The van der Waals surface area contributed by atoms with Gasteiger partial charge in [-0.25, -0.2) is 10.9 Å². The molecule has 0 spiro atoms. The van der Waals surface area contributed by atoms with Crippen molar-refractivity contribution in [3.05, 3.63) is 65.3 Å². The van der Waals surface area contributed by atoms with Crippen molar-refractivity contribution in [1.29, 1.82) is 5.26 Å². The van der Waals surface area contributed by atoms with Crippen LogP contribution in [0.2, 0.25) is 0 Å². The SMILES string of the molecule is CCOc1cc(C2C(C#N)=C(N)OC3NNC(c4ccccn4)C32)ccc1O. The summed E-state index contributed by atoms with van der Waals surface area (Å²) in [6, 6.07) is 12.8. The van der Waals surface area contributed by atoms with Crippen LogP contribution in [-0.4, -0.2) is 22.9 Å². The zero-order valence-electron chi connectivity index (χ0n) is 15.3. The molecule has 2 aliphatic rings. The Bertz CT molecular complexity index is 941. The number of nitrogens with two attached hydrogens (primary N) is 1. The molecule has 8 nitrogen and oxygen atoms in total. The van der Waals surface area contributed by atoms with E-state index >= 15 is 0 Å². The lowest BCUT2D eigenvalue weighted by molar-refractivity contribution is 0.0338. The molecular formula is C20H21N5O3. The van der Waals surface area contributed by atoms with Crippen LogP contribution in [-0.2, 0) is 4.74 Å². The molecular weight excluding hydrogens is 358 g/mol. The normalized spacial score (nSPS) is 26.3. The van der Waals surface area contributed by atoms with Gasteiger partial charge in [-0.05, 0) is 36.8 Å². The van der Waals surface area contributed by atoms with Crippen LogP contribution in [0.15, 0.2) is 54.1 Å². The number of nitrogens with zero attached hydrogens (tertiary/aromatic N) is 2. The summed E-state index contributed by atoms with van der Waals surface area (Å²) in [5.74, 6) is -0.0366. The smallest absolute Gasteiger partial charge is 0.200 e. The van der Waals surface area contributed by atoms with Gasteiger partial charge in [0.2, 0.25) is 5.88 Å². The van der Waals surface area contributed by atoms with E-state index in [0.717, 1.165) is 11.3 Å². The first-order chi connectivity index (χ1) is 13.6. The Morgan fingerprint density at radius 1 is 1.32 bits per heavy atom. The third-order valence-electron chi connectivity index (χ3n) is 5.10. The van der Waals surface area contributed by atoms with Gasteiger partial charge >= 0.3 is 0 Å². The third kappa shape index (κ3) is 3.01. The molecule has 0 radical (unpaired) electrons. The molecule has 8 heteroatoms. The lowest BCUT2D eigenvalue weighted by Gasteiger charge is -2.35. The summed E-state index contributed by atoms with van der Waals surface area (Å²) in [6.45, 7) is 2.26. The van der Waals surface area contributed by atoms with E-state index in [1.54, 1.807) is 24.4 Å². The molecule has 0 saturated carbocycles. The van der Waals surface area contributed by atoms with Crippen LogP contribution in [0, 0.1) is 17.2 Å². The van der Waals surface area contributed by atoms with E-state index in [1.165, 1.54) is 0 Å². The molecule has 1 fully saturated rings. The van der Waals surface area contributed by atoms with Crippen molar-refractivity contribution in [3.8, 4) is 17.6 Å². The molecule has 4 unspecified atom stereocenters. The van der Waals surface area contributed by atoms with E-state index in [1.807, 2.05) is 25.1 Å². The topological polar surface area (TPSA) is 125 Å². The average Bonchev–Trinajstić information content (AvgIpc) is 3.13. The fraction of sp³-hybridized carbons (Fsp3) is 0.300. The zero-order valence-corrected chi connectivity index (χ0v) is 15.3. The number of phenols is 1. The number of phenolic OH excluding ortho intramolecular Hbond substituents is 1. The molecule has 1 saturated heterocycles. The Kier molecular flexibility index (Phi) is 4.77. The van der Waals surface area contributed by atoms with Gasteiger partial charge < -0.3 is 20.3 Å². The average molecular weight is 379 g/mol. The number of ether oxygens (including phenoxy) is 2. The summed E-state index contributed by atoms with van der Waals surface area (Å²) < 4.78 is 11.3. The molecule has 0 bridgehead atoms. The van der Waals surface area contributed by atoms with Crippen LogP contribution in [0.1, 0.15) is 30.1 Å². The molecule has 2 aromatic rings. The number of aromatic hydroxyl groups is 1. The number of fused-ring (bicyclic) bond motifs is 1. The first-order valence-electron chi connectivity index (χ1n) is 9.08. The number of hydrogen-bond donors (Lipinski definition) is 4. The van der Waals surface area contributed by atoms with Crippen molar-refractivity contribution in [1.82, 2.24) is 15.8 Å². The number of allylic oxidation sites excluding steroid dienone is 1. The van der Waals surface area contributed by atoms with Crippen LogP contribution in [0.25, 0.3) is 0 Å². The van der Waals surface area contributed by atoms with Crippen molar-refractivity contribution in [3.63, 3.8) is 0 Å². The molecule has 3 heterocycles. The van der Waals surface area contributed by atoms with Crippen LogP contribution >= 0.6 is 0 Å². The summed E-state index contributed by atoms with van der Waals surface area (Å²) in [6.07, 6.45) is 1.30. The van der Waals surface area contributed by atoms with Crippen LogP contribution in [0.5, 0.6) is 11.5 Å². The van der Waals surface area contributed by atoms with E-state index in [2.05, 4.69) is 21.9 Å². The minimum Gasteiger partial charge on any atom is -0.504 e. The summed E-state index contributed by atoms with van der Waals surface area (Å²) in [5.41, 5.74) is 14.4. The number of pyridine rings is 1. The fourth-order valence-corrected chi connectivity index (χ4v) is 3.90. The third-order valence-corrected chi connectivity index (χ3v) is 5.10. The van der Waals surface area contributed by atoms with Crippen molar-refractivity contribution >= 4 is 0 Å². The predicted molar refractivity (Wildman–Crippen MR) is 100 cm³/mol. The second-order valence-corrected chi connectivity index (χ2v) is 6.66. The van der Waals surface area contributed by atoms with E-state index < -0.39 is 6.23 Å². The zero-order chi connectivity index (χ0) is 19.7. The van der Waals surface area contributed by atoms with Gasteiger partial charge in [0.15, 0.2) is 17.7 Å². The van der Waals surface area contributed by atoms with Crippen LogP contribution < -0.4 is 21.3 Å². The minimum absolute atomic E-state index is 0.0496. The minimum atomic E-state index is -0.432. The highest BCUT2D eigenvalue weighted by atomic mass is 16.5. The van der Waals surface area contributed by atoms with Crippen molar-refractivity contribution in [2.45, 2.75) is 25.1 Å². The monoisotopic (exact) mass is 379 g/mol. The first-order valence-corrected chi connectivity index (χ1v) is 9.08. The maximum absolute atomic E-state index is 10.1. The lowest BCUT2D eigenvalue weighted by atomic mass is 9.75. The largest absolute Gasteiger partial charge is 0.504 e. The van der Waals surface area contributed by atoms with Gasteiger partial charge in [-0.2, -0.15) is 5.26 Å². The van der Waals surface area contributed by atoms with Gasteiger partial charge in [0.05, 0.1) is 23.9 Å². The number of nitrogens with one attached hydrogen (secondary N) is 2. The fourth-order valence-electron chi connectivity index (χ4n) is 3.90. The quantitative estimate of drug-likeness (QED) is 0.633. The number of hydrazine groups is 1. The Hall–Kier alpha value is -3.28. The highest BCUT2D eigenvalue weighted by Gasteiger charge is 2.49. The molecule has 0 aliphatic carbocycles. The second-order valence-electron chi connectivity index (χ2n) is 6.66. The van der Waals surface area contributed by atoms with Crippen LogP contribution in [0.3, 0.4) is 0 Å². The summed E-state index contributed by atoms with van der Waals surface area (Å²) in [4.78, 5) is 4.46. The second kappa shape index (κ2) is 7.38. The number of aromatic nitrogens is 1. The van der Waals surface area contributed by atoms with E-state index in [9.17, 15) is 10.4 Å². The number of rotatable bonds is 4. The molecule has 4 atom stereocenters. The Morgan fingerprint density at radius 2 is 2.18 bits per heavy atom. The molecule has 4 rings (SSSR count). The predicted octanol–water partition coefficient (Wildman–Crippen LogP) is 1.78. The first kappa shape index (κ1) is 18.1. The number of benzene rings is 1. The molecule has 2 aliphatic heterocycles. The summed E-state index contributed by atoms with van der Waals surface area (Å²) >= 11 is 0. The number of nitriles is 1. The highest BCUT2D eigenvalue weighted by Crippen LogP contribution is 2.48. The van der Waals surface area contributed by atoms with Crippen LogP contribution in [0.4, 0.5) is 0 Å². The molecule has 5 N–H and O–H groups in total. The van der Waals surface area contributed by atoms with Gasteiger partial charge in [-0.15, -0.1) is 0 Å². The molecule has 144 valence electrons.